The van der Waals surface area contributed by atoms with Crippen molar-refractivity contribution in [2.75, 3.05) is 6.26 Å². The van der Waals surface area contributed by atoms with E-state index in [4.69, 9.17) is 0 Å². The maximum Gasteiger partial charge on any atom is 0.265 e. The number of carbonyl (C=O) groups is 1. The van der Waals surface area contributed by atoms with E-state index in [9.17, 15) is 13.2 Å². The van der Waals surface area contributed by atoms with Crippen molar-refractivity contribution in [3.63, 3.8) is 0 Å². The Labute approximate surface area is 130 Å². The minimum atomic E-state index is -3.45. The molecule has 3 rings (SSSR count). The number of rotatable bonds is 2. The van der Waals surface area contributed by atoms with Gasteiger partial charge in [-0.25, -0.2) is 17.9 Å². The van der Waals surface area contributed by atoms with Crippen LogP contribution in [0.25, 0.3) is 5.52 Å². The molecule has 0 aromatic carbocycles. The minimum absolute atomic E-state index is 0.189. The molecule has 21 heavy (non-hydrogen) atoms. The van der Waals surface area contributed by atoms with Crippen LogP contribution in [0.4, 0.5) is 0 Å². The summed E-state index contributed by atoms with van der Waals surface area (Å²) in [5, 5.41) is 3.98. The summed E-state index contributed by atoms with van der Waals surface area (Å²) in [6.07, 6.45) is 5.28. The maximum absolute atomic E-state index is 11.6. The predicted molar refractivity (Wildman–Crippen MR) is 80.0 cm³/mol. The first-order chi connectivity index (χ1) is 9.86. The zero-order valence-corrected chi connectivity index (χ0v) is 13.8. The fraction of sp³-hybridized carbons (Fsp3) is 0.462. The van der Waals surface area contributed by atoms with Gasteiger partial charge in [0.25, 0.3) is 5.16 Å². The summed E-state index contributed by atoms with van der Waals surface area (Å²) in [4.78, 5) is 15.3. The van der Waals surface area contributed by atoms with Crippen LogP contribution in [0.5, 0.6) is 0 Å². The lowest BCUT2D eigenvalue weighted by Gasteiger charge is -2.20. The van der Waals surface area contributed by atoms with Crippen LogP contribution in [0.3, 0.4) is 0 Å². The molecule has 1 fully saturated rings. The third-order valence-electron chi connectivity index (χ3n) is 3.77. The molecular weight excluding hydrogens is 358 g/mol. The van der Waals surface area contributed by atoms with Gasteiger partial charge in [0.2, 0.25) is 9.84 Å². The molecule has 112 valence electrons. The highest BCUT2D eigenvalue weighted by atomic mass is 79.9. The summed E-state index contributed by atoms with van der Waals surface area (Å²) in [5.41, 5.74) is 1.66. The van der Waals surface area contributed by atoms with Gasteiger partial charge < -0.3 is 0 Å². The number of nitrogens with zero attached hydrogens (tertiary/aromatic N) is 3. The van der Waals surface area contributed by atoms with E-state index in [2.05, 4.69) is 26.0 Å². The van der Waals surface area contributed by atoms with Crippen molar-refractivity contribution in [1.29, 1.82) is 0 Å². The standard InChI is InChI=1S/C13H14BrN3O3S/c1-21(19,20)13-15-7-12-10(14)6-11(17(12)16-13)8-2-4-9(18)5-3-8/h6-8H,2-5H2,1H3. The number of aromatic nitrogens is 3. The van der Waals surface area contributed by atoms with Crippen molar-refractivity contribution in [2.24, 2.45) is 0 Å². The summed E-state index contributed by atoms with van der Waals surface area (Å²) in [6.45, 7) is 0. The second-order valence-corrected chi connectivity index (χ2v) is 8.10. The van der Waals surface area contributed by atoms with Crippen LogP contribution in [0.2, 0.25) is 0 Å². The summed E-state index contributed by atoms with van der Waals surface area (Å²) < 4.78 is 25.7. The highest BCUT2D eigenvalue weighted by Gasteiger charge is 2.25. The molecular formula is C13H14BrN3O3S. The van der Waals surface area contributed by atoms with Crippen LogP contribution in [0, 0.1) is 0 Å². The van der Waals surface area contributed by atoms with Crippen LogP contribution in [-0.2, 0) is 14.6 Å². The van der Waals surface area contributed by atoms with Crippen LogP contribution in [0.15, 0.2) is 21.9 Å². The van der Waals surface area contributed by atoms with Gasteiger partial charge in [0, 0.05) is 35.2 Å². The molecule has 0 aliphatic heterocycles. The summed E-state index contributed by atoms with van der Waals surface area (Å²) in [7, 11) is -3.45. The average molecular weight is 372 g/mol. The minimum Gasteiger partial charge on any atom is -0.300 e. The first kappa shape index (κ1) is 14.6. The Hall–Kier alpha value is -1.28. The van der Waals surface area contributed by atoms with E-state index in [0.717, 1.165) is 34.8 Å². The highest BCUT2D eigenvalue weighted by molar-refractivity contribution is 9.10. The van der Waals surface area contributed by atoms with Crippen molar-refractivity contribution in [3.8, 4) is 0 Å². The van der Waals surface area contributed by atoms with E-state index in [1.54, 1.807) is 4.52 Å². The number of sulfone groups is 1. The second kappa shape index (κ2) is 5.17. The van der Waals surface area contributed by atoms with E-state index >= 15 is 0 Å². The number of hydrogen-bond donors (Lipinski definition) is 0. The third-order valence-corrected chi connectivity index (χ3v) is 5.25. The first-order valence-electron chi connectivity index (χ1n) is 6.62. The van der Waals surface area contributed by atoms with E-state index < -0.39 is 9.84 Å². The molecule has 1 aliphatic rings. The summed E-state index contributed by atoms with van der Waals surface area (Å²) in [5.74, 6) is 0.501. The molecule has 0 amide bonds. The lowest BCUT2D eigenvalue weighted by atomic mass is 9.86. The molecule has 0 spiro atoms. The molecule has 0 saturated heterocycles. The number of hydrogen-bond acceptors (Lipinski definition) is 5. The molecule has 0 bridgehead atoms. The Morgan fingerprint density at radius 2 is 2.00 bits per heavy atom. The average Bonchev–Trinajstić information content (AvgIpc) is 2.76. The van der Waals surface area contributed by atoms with Gasteiger partial charge >= 0.3 is 0 Å². The quantitative estimate of drug-likeness (QED) is 0.807. The van der Waals surface area contributed by atoms with E-state index in [1.165, 1.54) is 6.20 Å². The second-order valence-electron chi connectivity index (χ2n) is 5.34. The molecule has 0 atom stereocenters. The lowest BCUT2D eigenvalue weighted by Crippen LogP contribution is -2.15. The van der Waals surface area contributed by atoms with E-state index in [-0.39, 0.29) is 16.9 Å². The number of ketones is 1. The Kier molecular flexibility index (Phi) is 3.61. The van der Waals surface area contributed by atoms with Gasteiger partial charge in [-0.05, 0) is 34.8 Å². The fourth-order valence-electron chi connectivity index (χ4n) is 2.66. The van der Waals surface area contributed by atoms with Gasteiger partial charge in [-0.15, -0.1) is 5.10 Å². The zero-order chi connectivity index (χ0) is 15.2. The Morgan fingerprint density at radius 1 is 1.33 bits per heavy atom. The van der Waals surface area contributed by atoms with Gasteiger partial charge in [-0.3, -0.25) is 4.79 Å². The van der Waals surface area contributed by atoms with Crippen LogP contribution in [-0.4, -0.2) is 35.1 Å². The Bertz CT molecular complexity index is 819. The predicted octanol–water partition coefficient (Wildman–Crippen LogP) is 2.12. The molecule has 6 nitrogen and oxygen atoms in total. The fourth-order valence-corrected chi connectivity index (χ4v) is 3.64. The van der Waals surface area contributed by atoms with Crippen molar-refractivity contribution in [1.82, 2.24) is 14.6 Å². The molecule has 1 aliphatic carbocycles. The molecule has 2 aromatic heterocycles. The molecule has 0 N–H and O–H groups in total. The molecule has 2 aromatic rings. The van der Waals surface area contributed by atoms with Gasteiger partial charge in [-0.1, -0.05) is 0 Å². The largest absolute Gasteiger partial charge is 0.300 e. The SMILES string of the molecule is CS(=O)(=O)c1ncc2c(Br)cc(C3CCC(=O)CC3)n2n1. The van der Waals surface area contributed by atoms with Crippen LogP contribution < -0.4 is 0 Å². The Balaban J connectivity index is 2.12. The lowest BCUT2D eigenvalue weighted by molar-refractivity contribution is -0.120. The number of fused-ring (bicyclic) bond motifs is 1. The normalized spacial score (nSPS) is 17.5. The molecule has 2 heterocycles. The number of carbonyl (C=O) groups excluding carboxylic acids is 1. The van der Waals surface area contributed by atoms with Crippen molar-refractivity contribution >= 4 is 37.1 Å². The molecule has 1 saturated carbocycles. The zero-order valence-electron chi connectivity index (χ0n) is 11.4. The van der Waals surface area contributed by atoms with Gasteiger partial charge in [0.15, 0.2) is 0 Å². The highest BCUT2D eigenvalue weighted by Crippen LogP contribution is 2.34. The third kappa shape index (κ3) is 2.74. The van der Waals surface area contributed by atoms with Crippen molar-refractivity contribution in [3.05, 3.63) is 22.4 Å². The molecule has 0 unspecified atom stereocenters. The van der Waals surface area contributed by atoms with Crippen LogP contribution >= 0.6 is 15.9 Å². The monoisotopic (exact) mass is 371 g/mol. The number of Topliss-reactive ketones (excluding diaryl/α,β-unsaturated/α-hetero) is 1. The van der Waals surface area contributed by atoms with Crippen molar-refractivity contribution < 1.29 is 13.2 Å². The van der Waals surface area contributed by atoms with Crippen LogP contribution in [0.1, 0.15) is 37.3 Å². The first-order valence-corrected chi connectivity index (χ1v) is 9.30. The van der Waals surface area contributed by atoms with E-state index in [0.29, 0.717) is 12.8 Å². The summed E-state index contributed by atoms with van der Waals surface area (Å²) in [6, 6.07) is 1.94. The molecule has 0 radical (unpaired) electrons. The van der Waals surface area contributed by atoms with Gasteiger partial charge in [0.05, 0.1) is 11.7 Å². The van der Waals surface area contributed by atoms with E-state index in [1.807, 2.05) is 6.07 Å². The smallest absolute Gasteiger partial charge is 0.265 e. The molecule has 8 heteroatoms. The Morgan fingerprint density at radius 3 is 2.62 bits per heavy atom. The van der Waals surface area contributed by atoms with Crippen molar-refractivity contribution in [2.45, 2.75) is 36.8 Å². The maximum atomic E-state index is 11.6. The van der Waals surface area contributed by atoms with Gasteiger partial charge in [-0.2, -0.15) is 0 Å². The van der Waals surface area contributed by atoms with Gasteiger partial charge in [0.1, 0.15) is 5.78 Å². The topological polar surface area (TPSA) is 81.4 Å². The number of halogens is 1. The summed E-state index contributed by atoms with van der Waals surface area (Å²) >= 11 is 3.45.